The summed E-state index contributed by atoms with van der Waals surface area (Å²) in [5.41, 5.74) is 15.5. The van der Waals surface area contributed by atoms with E-state index in [0.29, 0.717) is 35.7 Å². The number of benzene rings is 3. The van der Waals surface area contributed by atoms with Gasteiger partial charge in [0, 0.05) is 17.5 Å². The van der Waals surface area contributed by atoms with Gasteiger partial charge in [0.1, 0.15) is 11.5 Å². The highest BCUT2D eigenvalue weighted by Crippen LogP contribution is 2.24. The first-order chi connectivity index (χ1) is 19.9. The zero-order chi connectivity index (χ0) is 29.5. The summed E-state index contributed by atoms with van der Waals surface area (Å²) in [6.45, 7) is 2.81. The van der Waals surface area contributed by atoms with Gasteiger partial charge in [-0.05, 0) is 91.3 Å². The summed E-state index contributed by atoms with van der Waals surface area (Å²) in [7, 11) is 0. The third kappa shape index (κ3) is 11.0. The molecule has 3 aromatic carbocycles. The van der Waals surface area contributed by atoms with Gasteiger partial charge in [-0.25, -0.2) is 9.59 Å². The molecule has 0 heterocycles. The van der Waals surface area contributed by atoms with Crippen LogP contribution in [0.15, 0.2) is 66.7 Å². The lowest BCUT2D eigenvalue weighted by Crippen LogP contribution is -2.07. The molecule has 218 valence electrons. The summed E-state index contributed by atoms with van der Waals surface area (Å²) in [5.74, 6) is -0.0920. The van der Waals surface area contributed by atoms with Crippen molar-refractivity contribution in [3.05, 3.63) is 89.0 Å². The Hall–Kier alpha value is -4.26. The van der Waals surface area contributed by atoms with Crippen LogP contribution in [0.1, 0.15) is 85.3 Å². The maximum absolute atomic E-state index is 12.2. The van der Waals surface area contributed by atoms with Crippen molar-refractivity contribution in [3.8, 4) is 11.5 Å². The fourth-order valence-corrected chi connectivity index (χ4v) is 4.60. The molecule has 0 fully saturated rings. The smallest absolute Gasteiger partial charge is 0.336 e. The first kappa shape index (κ1) is 31.3. The van der Waals surface area contributed by atoms with Crippen molar-refractivity contribution in [2.24, 2.45) is 0 Å². The second-order valence-corrected chi connectivity index (χ2v) is 10.2. The van der Waals surface area contributed by atoms with E-state index in [1.807, 2.05) is 48.5 Å². The normalized spacial score (nSPS) is 11.0. The van der Waals surface area contributed by atoms with Gasteiger partial charge in [0.25, 0.3) is 0 Å². The number of unbranched alkanes of at least 4 members (excludes halogenated alkanes) is 6. The summed E-state index contributed by atoms with van der Waals surface area (Å²) in [4.78, 5) is 23.7. The molecule has 0 aromatic heterocycles. The van der Waals surface area contributed by atoms with Crippen LogP contribution in [-0.2, 0) is 17.6 Å². The van der Waals surface area contributed by atoms with Gasteiger partial charge in [-0.3, -0.25) is 0 Å². The summed E-state index contributed by atoms with van der Waals surface area (Å²) in [6.07, 6.45) is 13.2. The third-order valence-electron chi connectivity index (χ3n) is 6.88. The maximum atomic E-state index is 12.2. The van der Waals surface area contributed by atoms with E-state index < -0.39 is 11.9 Å². The van der Waals surface area contributed by atoms with E-state index in [2.05, 4.69) is 6.92 Å². The standard InChI is InChI=1S/C34H42N2O5/c1-2-3-7-10-25-14-19-29(20-15-25)41-33(37)21-16-26-12-17-28(18-13-26)40-22-9-6-4-5-8-11-30-31(34(38)39)23-27(35)24-32(30)36/h12-21,23-24H,2-11,22,35-36H2,1H3,(H,38,39)/b21-16+. The lowest BCUT2D eigenvalue weighted by molar-refractivity contribution is -0.128. The zero-order valence-corrected chi connectivity index (χ0v) is 23.9. The van der Waals surface area contributed by atoms with Crippen LogP contribution in [0, 0.1) is 0 Å². The Kier molecular flexibility index (Phi) is 12.8. The number of nitrogen functional groups attached to an aromatic ring is 2. The van der Waals surface area contributed by atoms with Crippen molar-refractivity contribution in [2.45, 2.75) is 71.1 Å². The van der Waals surface area contributed by atoms with Crippen LogP contribution in [0.4, 0.5) is 11.4 Å². The van der Waals surface area contributed by atoms with Crippen molar-refractivity contribution < 1.29 is 24.2 Å². The van der Waals surface area contributed by atoms with E-state index in [9.17, 15) is 14.7 Å². The highest BCUT2D eigenvalue weighted by atomic mass is 16.5. The molecular formula is C34H42N2O5. The van der Waals surface area contributed by atoms with Gasteiger partial charge in [-0.2, -0.15) is 0 Å². The molecule has 0 unspecified atom stereocenters. The van der Waals surface area contributed by atoms with E-state index in [-0.39, 0.29) is 5.56 Å². The minimum absolute atomic E-state index is 0.191. The lowest BCUT2D eigenvalue weighted by Gasteiger charge is -2.11. The van der Waals surface area contributed by atoms with Gasteiger partial charge in [0.05, 0.1) is 12.2 Å². The molecule has 0 amide bonds. The predicted octanol–water partition coefficient (Wildman–Crippen LogP) is 7.47. The van der Waals surface area contributed by atoms with Crippen LogP contribution in [0.5, 0.6) is 11.5 Å². The van der Waals surface area contributed by atoms with E-state index in [1.165, 1.54) is 37.0 Å². The lowest BCUT2D eigenvalue weighted by atomic mass is 9.98. The van der Waals surface area contributed by atoms with E-state index >= 15 is 0 Å². The summed E-state index contributed by atoms with van der Waals surface area (Å²) in [5, 5.41) is 9.41. The molecule has 41 heavy (non-hydrogen) atoms. The molecule has 0 radical (unpaired) electrons. The Balaban J connectivity index is 1.30. The van der Waals surface area contributed by atoms with E-state index in [4.69, 9.17) is 20.9 Å². The van der Waals surface area contributed by atoms with Crippen LogP contribution < -0.4 is 20.9 Å². The predicted molar refractivity (Wildman–Crippen MR) is 165 cm³/mol. The maximum Gasteiger partial charge on any atom is 0.336 e. The summed E-state index contributed by atoms with van der Waals surface area (Å²) < 4.78 is 11.2. The van der Waals surface area contributed by atoms with Gasteiger partial charge < -0.3 is 26.0 Å². The molecule has 0 aliphatic rings. The zero-order valence-electron chi connectivity index (χ0n) is 23.9. The van der Waals surface area contributed by atoms with Crippen molar-refractivity contribution >= 4 is 29.4 Å². The van der Waals surface area contributed by atoms with Crippen molar-refractivity contribution in [1.82, 2.24) is 0 Å². The minimum atomic E-state index is -1.00. The molecule has 3 rings (SSSR count). The highest BCUT2D eigenvalue weighted by Gasteiger charge is 2.14. The van der Waals surface area contributed by atoms with Gasteiger partial charge in [-0.1, -0.05) is 63.3 Å². The van der Waals surface area contributed by atoms with Gasteiger partial charge in [0.2, 0.25) is 0 Å². The molecule has 0 aliphatic carbocycles. The average molecular weight is 559 g/mol. The number of aryl methyl sites for hydroxylation is 1. The number of carboxylic acids is 1. The Bertz CT molecular complexity index is 1280. The number of hydrogen-bond acceptors (Lipinski definition) is 6. The second kappa shape index (κ2) is 16.8. The number of ether oxygens (including phenoxy) is 2. The van der Waals surface area contributed by atoms with E-state index in [0.717, 1.165) is 49.8 Å². The number of anilines is 2. The molecule has 7 heteroatoms. The molecule has 7 nitrogen and oxygen atoms in total. The molecule has 0 atom stereocenters. The molecule has 0 saturated heterocycles. The minimum Gasteiger partial charge on any atom is -0.494 e. The third-order valence-corrected chi connectivity index (χ3v) is 6.88. The van der Waals surface area contributed by atoms with Crippen LogP contribution in [0.25, 0.3) is 6.08 Å². The van der Waals surface area contributed by atoms with Gasteiger partial charge >= 0.3 is 11.9 Å². The second-order valence-electron chi connectivity index (χ2n) is 10.2. The number of carbonyl (C=O) groups excluding carboxylic acids is 1. The van der Waals surface area contributed by atoms with Gasteiger partial charge in [-0.15, -0.1) is 0 Å². The summed E-state index contributed by atoms with van der Waals surface area (Å²) >= 11 is 0. The number of hydrogen-bond donors (Lipinski definition) is 3. The van der Waals surface area contributed by atoms with Crippen LogP contribution in [0.3, 0.4) is 0 Å². The Labute approximate surface area is 243 Å². The van der Waals surface area contributed by atoms with Crippen LogP contribution in [-0.4, -0.2) is 23.7 Å². The fraction of sp³-hybridized carbons (Fsp3) is 0.353. The Morgan fingerprint density at radius 3 is 2.17 bits per heavy atom. The first-order valence-electron chi connectivity index (χ1n) is 14.5. The quantitative estimate of drug-likeness (QED) is 0.0516. The average Bonchev–Trinajstić information content (AvgIpc) is 2.95. The van der Waals surface area contributed by atoms with Crippen molar-refractivity contribution in [3.63, 3.8) is 0 Å². The fourth-order valence-electron chi connectivity index (χ4n) is 4.60. The number of aromatic carboxylic acids is 1. The van der Waals surface area contributed by atoms with Crippen LogP contribution >= 0.6 is 0 Å². The highest BCUT2D eigenvalue weighted by molar-refractivity contribution is 5.92. The monoisotopic (exact) mass is 558 g/mol. The SMILES string of the molecule is CCCCCc1ccc(OC(=O)/C=C/c2ccc(OCCCCCCCc3c(N)cc(N)cc3C(=O)O)cc2)cc1. The van der Waals surface area contributed by atoms with E-state index in [1.54, 1.807) is 12.1 Å². The van der Waals surface area contributed by atoms with Gasteiger partial charge in [0.15, 0.2) is 0 Å². The van der Waals surface area contributed by atoms with Crippen molar-refractivity contribution in [2.75, 3.05) is 18.1 Å². The molecule has 0 aliphatic heterocycles. The summed E-state index contributed by atoms with van der Waals surface area (Å²) in [6, 6.07) is 18.4. The molecule has 0 bridgehead atoms. The number of esters is 1. The number of rotatable bonds is 17. The Morgan fingerprint density at radius 2 is 1.46 bits per heavy atom. The van der Waals surface area contributed by atoms with Crippen molar-refractivity contribution in [1.29, 1.82) is 0 Å². The number of carbonyl (C=O) groups is 2. The topological polar surface area (TPSA) is 125 Å². The molecular weight excluding hydrogens is 516 g/mol. The molecule has 5 N–H and O–H groups in total. The van der Waals surface area contributed by atoms with Crippen LogP contribution in [0.2, 0.25) is 0 Å². The largest absolute Gasteiger partial charge is 0.494 e. The molecule has 0 saturated carbocycles. The number of nitrogens with two attached hydrogens (primary N) is 2. The first-order valence-corrected chi connectivity index (χ1v) is 14.5. The molecule has 3 aromatic rings. The Morgan fingerprint density at radius 1 is 0.805 bits per heavy atom. The molecule has 0 spiro atoms. The number of carboxylic acid groups (broad SMARTS) is 1.